The van der Waals surface area contributed by atoms with Gasteiger partial charge in [0.2, 0.25) is 0 Å². The summed E-state index contributed by atoms with van der Waals surface area (Å²) in [6.45, 7) is 4.03. The van der Waals surface area contributed by atoms with Crippen LogP contribution in [0.2, 0.25) is 0 Å². The lowest BCUT2D eigenvalue weighted by Gasteiger charge is -2.13. The molecule has 3 heteroatoms. The first-order chi connectivity index (χ1) is 9.08. The van der Waals surface area contributed by atoms with E-state index in [9.17, 15) is 15.3 Å². The van der Waals surface area contributed by atoms with Gasteiger partial charge < -0.3 is 15.3 Å². The summed E-state index contributed by atoms with van der Waals surface area (Å²) in [7, 11) is 0. The molecule has 3 nitrogen and oxygen atoms in total. The fourth-order valence-corrected chi connectivity index (χ4v) is 2.36. The molecule has 19 heavy (non-hydrogen) atoms. The Labute approximate surface area is 112 Å². The first-order valence-corrected chi connectivity index (χ1v) is 6.44. The van der Waals surface area contributed by atoms with Crippen molar-refractivity contribution in [2.45, 2.75) is 26.7 Å². The third-order valence-corrected chi connectivity index (χ3v) is 3.38. The fourth-order valence-electron chi connectivity index (χ4n) is 2.36. The number of para-hydroxylation sites is 1. The van der Waals surface area contributed by atoms with Crippen LogP contribution in [0.15, 0.2) is 30.3 Å². The standard InChI is InChI=1S/C16H18O3/c1-3-10-8-11(9-15(18)12(10)4-2)13-6-5-7-14(17)16(13)19/h5-9,17-19H,3-4H2,1-2H3. The molecule has 2 aromatic rings. The average molecular weight is 258 g/mol. The molecule has 0 spiro atoms. The van der Waals surface area contributed by atoms with Gasteiger partial charge in [0.05, 0.1) is 0 Å². The summed E-state index contributed by atoms with van der Waals surface area (Å²) >= 11 is 0. The van der Waals surface area contributed by atoms with Gasteiger partial charge in [-0.05, 0) is 41.7 Å². The summed E-state index contributed by atoms with van der Waals surface area (Å²) in [5.41, 5.74) is 3.22. The van der Waals surface area contributed by atoms with Crippen molar-refractivity contribution in [1.29, 1.82) is 0 Å². The normalized spacial score (nSPS) is 10.6. The molecule has 0 radical (unpaired) electrons. The Balaban J connectivity index is 2.63. The highest BCUT2D eigenvalue weighted by atomic mass is 16.3. The van der Waals surface area contributed by atoms with Crippen molar-refractivity contribution in [1.82, 2.24) is 0 Å². The molecule has 0 unspecified atom stereocenters. The maximum atomic E-state index is 10.1. The molecule has 0 aliphatic heterocycles. The number of hydrogen-bond acceptors (Lipinski definition) is 3. The number of aromatic hydroxyl groups is 3. The lowest BCUT2D eigenvalue weighted by Crippen LogP contribution is -1.93. The van der Waals surface area contributed by atoms with Gasteiger partial charge in [-0.25, -0.2) is 0 Å². The van der Waals surface area contributed by atoms with Crippen molar-refractivity contribution in [3.8, 4) is 28.4 Å². The van der Waals surface area contributed by atoms with E-state index in [1.54, 1.807) is 18.2 Å². The number of benzene rings is 2. The molecule has 0 bridgehead atoms. The highest BCUT2D eigenvalue weighted by Gasteiger charge is 2.13. The summed E-state index contributed by atoms with van der Waals surface area (Å²) < 4.78 is 0. The Hall–Kier alpha value is -2.16. The number of aryl methyl sites for hydroxylation is 1. The molecule has 3 N–H and O–H groups in total. The predicted octanol–water partition coefficient (Wildman–Crippen LogP) is 3.60. The maximum absolute atomic E-state index is 10.1. The first-order valence-electron chi connectivity index (χ1n) is 6.44. The first kappa shape index (κ1) is 13.3. The second kappa shape index (κ2) is 5.22. The topological polar surface area (TPSA) is 60.7 Å². The zero-order valence-electron chi connectivity index (χ0n) is 11.1. The Morgan fingerprint density at radius 2 is 1.63 bits per heavy atom. The van der Waals surface area contributed by atoms with E-state index in [0.29, 0.717) is 11.1 Å². The molecule has 0 saturated carbocycles. The molecular formula is C16H18O3. The molecule has 0 aromatic heterocycles. The van der Waals surface area contributed by atoms with Crippen LogP contribution in [0.25, 0.3) is 11.1 Å². The van der Waals surface area contributed by atoms with Crippen molar-refractivity contribution >= 4 is 0 Å². The van der Waals surface area contributed by atoms with Crippen LogP contribution in [0, 0.1) is 0 Å². The van der Waals surface area contributed by atoms with Crippen molar-refractivity contribution < 1.29 is 15.3 Å². The summed E-state index contributed by atoms with van der Waals surface area (Å²) in [6.07, 6.45) is 1.57. The second-order valence-electron chi connectivity index (χ2n) is 4.51. The van der Waals surface area contributed by atoms with Gasteiger partial charge in [-0.3, -0.25) is 0 Å². The molecule has 0 aliphatic rings. The zero-order valence-corrected chi connectivity index (χ0v) is 11.1. The molecule has 2 aromatic carbocycles. The smallest absolute Gasteiger partial charge is 0.165 e. The molecular weight excluding hydrogens is 240 g/mol. The molecule has 0 aliphatic carbocycles. The van der Waals surface area contributed by atoms with Gasteiger partial charge in [-0.15, -0.1) is 0 Å². The van der Waals surface area contributed by atoms with Gasteiger partial charge in [-0.2, -0.15) is 0 Å². The SMILES string of the molecule is CCc1cc(-c2cccc(O)c2O)cc(O)c1CC. The van der Waals surface area contributed by atoms with Crippen LogP contribution in [0.4, 0.5) is 0 Å². The van der Waals surface area contributed by atoms with Crippen LogP contribution in [0.5, 0.6) is 17.2 Å². The molecule has 0 saturated heterocycles. The van der Waals surface area contributed by atoms with Crippen LogP contribution in [0.1, 0.15) is 25.0 Å². The van der Waals surface area contributed by atoms with Crippen LogP contribution in [0.3, 0.4) is 0 Å². The summed E-state index contributed by atoms with van der Waals surface area (Å²) in [4.78, 5) is 0. The average Bonchev–Trinajstić information content (AvgIpc) is 2.40. The van der Waals surface area contributed by atoms with E-state index in [-0.39, 0.29) is 17.2 Å². The quantitative estimate of drug-likeness (QED) is 0.737. The molecule has 0 atom stereocenters. The van der Waals surface area contributed by atoms with Crippen molar-refractivity contribution in [2.24, 2.45) is 0 Å². The lowest BCUT2D eigenvalue weighted by atomic mass is 9.95. The molecule has 0 amide bonds. The highest BCUT2D eigenvalue weighted by molar-refractivity contribution is 5.75. The van der Waals surface area contributed by atoms with Gasteiger partial charge in [0.25, 0.3) is 0 Å². The minimum Gasteiger partial charge on any atom is -0.508 e. The number of hydrogen-bond donors (Lipinski definition) is 3. The molecule has 0 fully saturated rings. The van der Waals surface area contributed by atoms with Gasteiger partial charge in [0.15, 0.2) is 11.5 Å². The van der Waals surface area contributed by atoms with Crippen LogP contribution in [-0.2, 0) is 12.8 Å². The Bertz CT molecular complexity index is 603. The van der Waals surface area contributed by atoms with Gasteiger partial charge in [0.1, 0.15) is 5.75 Å². The maximum Gasteiger partial charge on any atom is 0.165 e. The third-order valence-electron chi connectivity index (χ3n) is 3.38. The summed E-state index contributed by atoms with van der Waals surface area (Å²) in [6, 6.07) is 8.40. The minimum atomic E-state index is -0.159. The van der Waals surface area contributed by atoms with E-state index in [4.69, 9.17) is 0 Å². The minimum absolute atomic E-state index is 0.158. The van der Waals surface area contributed by atoms with Gasteiger partial charge in [-0.1, -0.05) is 32.0 Å². The van der Waals surface area contributed by atoms with E-state index in [2.05, 4.69) is 0 Å². The fraction of sp³-hybridized carbons (Fsp3) is 0.250. The number of phenols is 3. The van der Waals surface area contributed by atoms with Crippen LogP contribution >= 0.6 is 0 Å². The monoisotopic (exact) mass is 258 g/mol. The number of rotatable bonds is 3. The van der Waals surface area contributed by atoms with Crippen LogP contribution in [-0.4, -0.2) is 15.3 Å². The van der Waals surface area contributed by atoms with E-state index in [1.165, 1.54) is 6.07 Å². The molecule has 2 rings (SSSR count). The van der Waals surface area contributed by atoms with E-state index >= 15 is 0 Å². The van der Waals surface area contributed by atoms with E-state index in [0.717, 1.165) is 24.0 Å². The Kier molecular flexibility index (Phi) is 3.65. The third kappa shape index (κ3) is 2.36. The van der Waals surface area contributed by atoms with Crippen LogP contribution < -0.4 is 0 Å². The summed E-state index contributed by atoms with van der Waals surface area (Å²) in [5, 5.41) is 29.5. The van der Waals surface area contributed by atoms with Crippen molar-refractivity contribution in [3.05, 3.63) is 41.5 Å². The lowest BCUT2D eigenvalue weighted by molar-refractivity contribution is 0.405. The second-order valence-corrected chi connectivity index (χ2v) is 4.51. The Morgan fingerprint density at radius 3 is 2.26 bits per heavy atom. The largest absolute Gasteiger partial charge is 0.508 e. The number of phenolic OH excluding ortho intramolecular Hbond substituents is 3. The summed E-state index contributed by atoms with van der Waals surface area (Å²) in [5.74, 6) is -0.0811. The van der Waals surface area contributed by atoms with E-state index in [1.807, 2.05) is 19.9 Å². The van der Waals surface area contributed by atoms with Crippen molar-refractivity contribution in [2.75, 3.05) is 0 Å². The Morgan fingerprint density at radius 1 is 0.895 bits per heavy atom. The van der Waals surface area contributed by atoms with Gasteiger partial charge >= 0.3 is 0 Å². The van der Waals surface area contributed by atoms with E-state index < -0.39 is 0 Å². The van der Waals surface area contributed by atoms with Gasteiger partial charge in [0, 0.05) is 5.56 Å². The van der Waals surface area contributed by atoms with Crippen molar-refractivity contribution in [3.63, 3.8) is 0 Å². The molecule has 0 heterocycles. The predicted molar refractivity (Wildman–Crippen MR) is 75.6 cm³/mol. The molecule has 100 valence electrons. The highest BCUT2D eigenvalue weighted by Crippen LogP contribution is 2.39. The zero-order chi connectivity index (χ0) is 14.0.